The van der Waals surface area contributed by atoms with Crippen molar-refractivity contribution in [1.82, 2.24) is 0 Å². The van der Waals surface area contributed by atoms with Gasteiger partial charge in [0.15, 0.2) is 6.29 Å². The second-order valence-corrected chi connectivity index (χ2v) is 6.71. The quantitative estimate of drug-likeness (QED) is 0.819. The van der Waals surface area contributed by atoms with E-state index in [0.29, 0.717) is 6.54 Å². The second-order valence-electron chi connectivity index (χ2n) is 6.40. The van der Waals surface area contributed by atoms with Gasteiger partial charge in [-0.1, -0.05) is 12.1 Å². The van der Waals surface area contributed by atoms with Gasteiger partial charge in [-0.15, -0.1) is 11.6 Å². The highest BCUT2D eigenvalue weighted by Gasteiger charge is 2.49. The Labute approximate surface area is 131 Å². The van der Waals surface area contributed by atoms with Crippen LogP contribution in [0.5, 0.6) is 0 Å². The zero-order valence-electron chi connectivity index (χ0n) is 13.0. The average Bonchev–Trinajstić information content (AvgIpc) is 2.65. The Morgan fingerprint density at radius 3 is 2.14 bits per heavy atom. The number of hydrogen-bond acceptors (Lipinski definition) is 4. The highest BCUT2D eigenvalue weighted by atomic mass is 35.5. The minimum Gasteiger partial charge on any atom is -0.390 e. The first kappa shape index (κ1) is 16.6. The SMILES string of the molecule is CC1(C)OC(c2ccc(NCC(O)CCl)cc2)OC1(C)C. The zero-order valence-corrected chi connectivity index (χ0v) is 13.8. The van der Waals surface area contributed by atoms with E-state index in [1.807, 2.05) is 52.0 Å². The molecule has 4 nitrogen and oxygen atoms in total. The largest absolute Gasteiger partial charge is 0.390 e. The molecule has 0 bridgehead atoms. The molecular weight excluding hydrogens is 290 g/mol. The van der Waals surface area contributed by atoms with Crippen molar-refractivity contribution in [2.24, 2.45) is 0 Å². The predicted molar refractivity (Wildman–Crippen MR) is 84.7 cm³/mol. The summed E-state index contributed by atoms with van der Waals surface area (Å²) in [5.74, 6) is 0.221. The van der Waals surface area contributed by atoms with E-state index in [4.69, 9.17) is 21.1 Å². The summed E-state index contributed by atoms with van der Waals surface area (Å²) >= 11 is 5.56. The van der Waals surface area contributed by atoms with Crippen molar-refractivity contribution in [3.05, 3.63) is 29.8 Å². The van der Waals surface area contributed by atoms with Crippen LogP contribution in [0.2, 0.25) is 0 Å². The van der Waals surface area contributed by atoms with Crippen molar-refractivity contribution in [2.45, 2.75) is 51.3 Å². The molecule has 0 aliphatic carbocycles. The first-order chi connectivity index (χ1) is 9.75. The van der Waals surface area contributed by atoms with Crippen LogP contribution in [-0.2, 0) is 9.47 Å². The third-order valence-electron chi connectivity index (χ3n) is 4.16. The number of rotatable bonds is 5. The molecule has 0 spiro atoms. The lowest BCUT2D eigenvalue weighted by Crippen LogP contribution is -2.41. The molecule has 0 saturated carbocycles. The Kier molecular flexibility index (Phi) is 4.83. The van der Waals surface area contributed by atoms with Gasteiger partial charge >= 0.3 is 0 Å². The third kappa shape index (κ3) is 3.69. The molecule has 0 aromatic heterocycles. The van der Waals surface area contributed by atoms with Gasteiger partial charge in [0.25, 0.3) is 0 Å². The summed E-state index contributed by atoms with van der Waals surface area (Å²) in [4.78, 5) is 0. The molecule has 1 atom stereocenters. The van der Waals surface area contributed by atoms with Crippen molar-refractivity contribution in [3.8, 4) is 0 Å². The van der Waals surface area contributed by atoms with E-state index in [-0.39, 0.29) is 23.4 Å². The molecular formula is C16H24ClNO3. The molecule has 21 heavy (non-hydrogen) atoms. The van der Waals surface area contributed by atoms with E-state index in [9.17, 15) is 5.11 Å². The number of aliphatic hydroxyl groups is 1. The van der Waals surface area contributed by atoms with E-state index >= 15 is 0 Å². The van der Waals surface area contributed by atoms with Crippen LogP contribution in [0.25, 0.3) is 0 Å². The van der Waals surface area contributed by atoms with Gasteiger partial charge in [0.1, 0.15) is 0 Å². The van der Waals surface area contributed by atoms with E-state index in [0.717, 1.165) is 11.3 Å². The van der Waals surface area contributed by atoms with Crippen LogP contribution < -0.4 is 5.32 Å². The molecule has 0 radical (unpaired) electrons. The number of aliphatic hydroxyl groups excluding tert-OH is 1. The second kappa shape index (κ2) is 6.13. The van der Waals surface area contributed by atoms with Gasteiger partial charge in [0.05, 0.1) is 23.2 Å². The molecule has 1 aromatic carbocycles. The minimum atomic E-state index is -0.547. The molecule has 1 aromatic rings. The molecule has 1 saturated heterocycles. The van der Waals surface area contributed by atoms with Crippen molar-refractivity contribution in [1.29, 1.82) is 0 Å². The Morgan fingerprint density at radius 2 is 1.67 bits per heavy atom. The topological polar surface area (TPSA) is 50.7 Å². The lowest BCUT2D eigenvalue weighted by Gasteiger charge is -2.30. The fraction of sp³-hybridized carbons (Fsp3) is 0.625. The molecule has 118 valence electrons. The standard InChI is InChI=1S/C16H24ClNO3/c1-15(2)16(3,4)21-14(20-15)11-5-7-12(8-6-11)18-10-13(19)9-17/h5-8,13-14,18-19H,9-10H2,1-4H3. The third-order valence-corrected chi connectivity index (χ3v) is 4.51. The number of alkyl halides is 1. The maximum Gasteiger partial charge on any atom is 0.185 e. The molecule has 1 heterocycles. The van der Waals surface area contributed by atoms with E-state index in [1.165, 1.54) is 0 Å². The lowest BCUT2D eigenvalue weighted by atomic mass is 9.90. The van der Waals surface area contributed by atoms with Gasteiger partial charge in [0, 0.05) is 17.8 Å². The summed E-state index contributed by atoms with van der Waals surface area (Å²) in [5.41, 5.74) is 1.24. The summed E-state index contributed by atoms with van der Waals surface area (Å²) in [6.45, 7) is 8.58. The van der Waals surface area contributed by atoms with Crippen LogP contribution in [0.3, 0.4) is 0 Å². The Bertz CT molecular complexity index is 457. The number of nitrogens with one attached hydrogen (secondary N) is 1. The summed E-state index contributed by atoms with van der Waals surface area (Å²) in [7, 11) is 0. The smallest absolute Gasteiger partial charge is 0.185 e. The van der Waals surface area contributed by atoms with Crippen LogP contribution in [0.15, 0.2) is 24.3 Å². The van der Waals surface area contributed by atoms with Crippen LogP contribution in [-0.4, -0.2) is 34.8 Å². The normalized spacial score (nSPS) is 22.2. The highest BCUT2D eigenvalue weighted by Crippen LogP contribution is 2.44. The summed E-state index contributed by atoms with van der Waals surface area (Å²) in [6.07, 6.45) is -0.896. The van der Waals surface area contributed by atoms with Crippen molar-refractivity contribution in [3.63, 3.8) is 0 Å². The maximum absolute atomic E-state index is 9.43. The lowest BCUT2D eigenvalue weighted by molar-refractivity contribution is -0.0895. The Morgan fingerprint density at radius 1 is 1.14 bits per heavy atom. The van der Waals surface area contributed by atoms with Crippen LogP contribution in [0.4, 0.5) is 5.69 Å². The van der Waals surface area contributed by atoms with Crippen molar-refractivity contribution in [2.75, 3.05) is 17.7 Å². The van der Waals surface area contributed by atoms with E-state index in [2.05, 4.69) is 5.32 Å². The van der Waals surface area contributed by atoms with Gasteiger partial charge < -0.3 is 19.9 Å². The Hall–Kier alpha value is -0.810. The maximum atomic E-state index is 9.43. The number of ether oxygens (including phenoxy) is 2. The average molecular weight is 314 g/mol. The number of anilines is 1. The number of benzene rings is 1. The number of hydrogen-bond donors (Lipinski definition) is 2. The van der Waals surface area contributed by atoms with Gasteiger partial charge in [-0.3, -0.25) is 0 Å². The highest BCUT2D eigenvalue weighted by molar-refractivity contribution is 6.18. The molecule has 1 fully saturated rings. The van der Waals surface area contributed by atoms with Gasteiger partial charge in [0.2, 0.25) is 0 Å². The monoisotopic (exact) mass is 313 g/mol. The van der Waals surface area contributed by atoms with Gasteiger partial charge in [-0.25, -0.2) is 0 Å². The van der Waals surface area contributed by atoms with E-state index in [1.54, 1.807) is 0 Å². The first-order valence-electron chi connectivity index (χ1n) is 7.19. The summed E-state index contributed by atoms with van der Waals surface area (Å²) in [5, 5.41) is 12.6. The summed E-state index contributed by atoms with van der Waals surface area (Å²) in [6, 6.07) is 7.83. The van der Waals surface area contributed by atoms with Crippen molar-refractivity contribution >= 4 is 17.3 Å². The molecule has 1 aliphatic rings. The minimum absolute atomic E-state index is 0.221. The zero-order chi connectivity index (χ0) is 15.7. The van der Waals surface area contributed by atoms with Crippen LogP contribution in [0.1, 0.15) is 39.5 Å². The molecule has 2 N–H and O–H groups in total. The summed E-state index contributed by atoms with van der Waals surface area (Å²) < 4.78 is 12.0. The van der Waals surface area contributed by atoms with Crippen molar-refractivity contribution < 1.29 is 14.6 Å². The Balaban J connectivity index is 2.00. The predicted octanol–water partition coefficient (Wildman–Crippen LogP) is 3.30. The van der Waals surface area contributed by atoms with Gasteiger partial charge in [-0.2, -0.15) is 0 Å². The van der Waals surface area contributed by atoms with E-state index < -0.39 is 6.10 Å². The first-order valence-corrected chi connectivity index (χ1v) is 7.72. The van der Waals surface area contributed by atoms with Gasteiger partial charge in [-0.05, 0) is 39.8 Å². The fourth-order valence-electron chi connectivity index (χ4n) is 2.03. The fourth-order valence-corrected chi connectivity index (χ4v) is 2.14. The van der Waals surface area contributed by atoms with Crippen LogP contribution >= 0.6 is 11.6 Å². The van der Waals surface area contributed by atoms with Crippen LogP contribution in [0, 0.1) is 0 Å². The molecule has 2 rings (SSSR count). The molecule has 0 amide bonds. The molecule has 1 aliphatic heterocycles. The molecule has 5 heteroatoms. The molecule has 1 unspecified atom stereocenters. The number of halogens is 1.